The summed E-state index contributed by atoms with van der Waals surface area (Å²) >= 11 is 0. The standard InChI is InChI=1S/C76H124N22O22/c1-13-38(8)56(91-71(115)59(41(11)101)94-62(106)47(28-43-31-80-33-83-43)86-61(105)45(77)26-35(2)3)68(112)95-60(42(12)102)74(118)98-25-17-21-53(98)73(117)97-24-16-19-51(97)65(109)87-48(29-44-32-81-34-84-44)63(107)92-58(40(10)100)70(114)89-50(27-36(4)5)72(116)96-23-15-20-52(96)66(110)90-55(37(6)7)67(111)88-49(30-54(103)104)64(108)93-57(39(9)99)69(113)85-46(75(119)120)18-14-22-82-76(78)79/h31-42,45-53,55-60,99-102H,13-30,77H2,1-12H3,(H,80,83)(H,81,84)(H,85,113)(H,86,105)(H,87,109)(H,88,111)(H,89,114)(H,90,110)(H,91,115)(H,92,107)(H,93,108)(H,94,106)(H,95,112)(H,103,104)(H,119,120)(H4,78,79,82)/t38-,39+,40+,41+,42+,45-,46-,47-,48-,49-,50-,51-,52-,53-,55-,56-,57-,58-,59-,60-/m0/s1. The van der Waals surface area contributed by atoms with Gasteiger partial charge in [0.1, 0.15) is 84.6 Å². The molecule has 670 valence electrons. The number of nitrogens with two attached hydrogens (primary N) is 3. The number of imidazole rings is 2. The second-order valence-corrected chi connectivity index (χ2v) is 32.2. The number of rotatable bonds is 47. The molecule has 3 aliphatic rings. The van der Waals surface area contributed by atoms with Crippen LogP contribution < -0.4 is 75.7 Å². The topological polar surface area (TPSA) is 684 Å². The number of carboxylic acid groups (broad SMARTS) is 2. The number of nitrogens with zero attached hydrogens (tertiary/aromatic N) is 6. The quantitative estimate of drug-likeness (QED) is 0.0166. The smallest absolute Gasteiger partial charge is 0.326 e. The number of aliphatic hydroxyl groups excluding tert-OH is 4. The molecule has 5 rings (SSSR count). The lowest BCUT2D eigenvalue weighted by Gasteiger charge is -2.35. The molecular formula is C76H124N22O22. The Balaban J connectivity index is 1.28. The maximum atomic E-state index is 14.9. The summed E-state index contributed by atoms with van der Waals surface area (Å²) in [6.07, 6.45) is -1.31. The number of hydrogen-bond acceptors (Lipinski definition) is 24. The summed E-state index contributed by atoms with van der Waals surface area (Å²) in [7, 11) is 0. The van der Waals surface area contributed by atoms with Crippen molar-refractivity contribution in [3.8, 4) is 0 Å². The van der Waals surface area contributed by atoms with E-state index in [0.717, 1.165) is 6.92 Å². The zero-order valence-corrected chi connectivity index (χ0v) is 69.9. The van der Waals surface area contributed by atoms with Crippen LogP contribution in [0.5, 0.6) is 0 Å². The maximum Gasteiger partial charge on any atom is 0.326 e. The Morgan fingerprint density at radius 3 is 1.32 bits per heavy atom. The Labute approximate surface area is 694 Å². The van der Waals surface area contributed by atoms with E-state index in [0.29, 0.717) is 11.4 Å². The number of carbonyl (C=O) groups excluding carboxylic acids is 14. The third kappa shape index (κ3) is 29.5. The number of likely N-dealkylation sites (tertiary alicyclic amines) is 3. The van der Waals surface area contributed by atoms with Crippen LogP contribution in [-0.2, 0) is 89.6 Å². The number of amides is 14. The van der Waals surface area contributed by atoms with Crippen molar-refractivity contribution in [2.24, 2.45) is 45.9 Å². The van der Waals surface area contributed by atoms with Crippen LogP contribution in [0.15, 0.2) is 30.0 Å². The van der Waals surface area contributed by atoms with Crippen LogP contribution in [0.25, 0.3) is 0 Å². The van der Waals surface area contributed by atoms with Gasteiger partial charge in [-0.15, -0.1) is 0 Å². The second kappa shape index (κ2) is 47.1. The summed E-state index contributed by atoms with van der Waals surface area (Å²) in [6, 6.07) is -22.8. The van der Waals surface area contributed by atoms with E-state index in [2.05, 4.69) is 83.4 Å². The highest BCUT2D eigenvalue weighted by Crippen LogP contribution is 2.28. The fourth-order valence-corrected chi connectivity index (χ4v) is 14.2. The van der Waals surface area contributed by atoms with Gasteiger partial charge in [-0.3, -0.25) is 76.9 Å². The van der Waals surface area contributed by atoms with E-state index in [-0.39, 0.29) is 127 Å². The number of hydrogen-bond donors (Lipinski definition) is 22. The highest BCUT2D eigenvalue weighted by Gasteiger charge is 2.48. The number of aliphatic hydroxyl groups is 4. The van der Waals surface area contributed by atoms with Gasteiger partial charge in [-0.2, -0.15) is 0 Å². The zero-order valence-electron chi connectivity index (χ0n) is 69.9. The maximum absolute atomic E-state index is 14.9. The molecule has 0 aromatic carbocycles. The number of carboxylic acids is 2. The third-order valence-electron chi connectivity index (χ3n) is 21.0. The molecule has 14 amide bonds. The number of aromatic nitrogens is 4. The molecule has 3 fully saturated rings. The number of guanidine groups is 1. The fraction of sp³-hybridized carbons (Fsp3) is 0.697. The van der Waals surface area contributed by atoms with Crippen LogP contribution in [0.3, 0.4) is 0 Å². The third-order valence-corrected chi connectivity index (χ3v) is 21.0. The summed E-state index contributed by atoms with van der Waals surface area (Å²) in [6.45, 7) is 18.1. The highest BCUT2D eigenvalue weighted by molar-refractivity contribution is 6.02. The average Bonchev–Trinajstić information content (AvgIpc) is 1.67. The van der Waals surface area contributed by atoms with Crippen LogP contribution in [0.1, 0.15) is 172 Å². The largest absolute Gasteiger partial charge is 0.481 e. The summed E-state index contributed by atoms with van der Waals surface area (Å²) in [4.78, 5) is 245. The Kier molecular flexibility index (Phi) is 39.1. The molecule has 2 aromatic heterocycles. The van der Waals surface area contributed by atoms with Gasteiger partial charge in [0.15, 0.2) is 5.96 Å². The minimum absolute atomic E-state index is 0.00264. The molecule has 0 saturated carbocycles. The van der Waals surface area contributed by atoms with Crippen LogP contribution >= 0.6 is 0 Å². The predicted octanol–water partition coefficient (Wildman–Crippen LogP) is -6.52. The first kappa shape index (κ1) is 99.6. The molecular weight excluding hydrogens is 1570 g/mol. The van der Waals surface area contributed by atoms with Gasteiger partial charge >= 0.3 is 11.9 Å². The SMILES string of the molecule is CC[C@H](C)[C@H](NC(=O)[C@@H](NC(=O)[C@H](Cc1cnc[nH]1)NC(=O)[C@@H](N)CC(C)C)[C@@H](C)O)C(=O)N[C@H](C(=O)N1CCC[C@H]1C(=O)N1CCC[C@H]1C(=O)N[C@@H](Cc1cnc[nH]1)C(=O)N[C@H](C(=O)N[C@@H](CC(C)C)C(=O)N1CCC[C@H]1C(=O)N[C@H](C(=O)N[C@@H](CC(=O)O)C(=O)N[C@H](C(=O)N[C@@H](CCCN=C(N)N)C(=O)O)[C@@H](C)O)C(C)C)[C@@H](C)O)[C@@H](C)O. The lowest BCUT2D eigenvalue weighted by Crippen LogP contribution is -2.63. The molecule has 44 heteroatoms. The first-order chi connectivity index (χ1) is 56.4. The zero-order chi connectivity index (χ0) is 89.9. The number of aromatic amines is 2. The highest BCUT2D eigenvalue weighted by atomic mass is 16.4. The number of H-pyrrole nitrogens is 2. The van der Waals surface area contributed by atoms with Gasteiger partial charge in [-0.25, -0.2) is 14.8 Å². The van der Waals surface area contributed by atoms with Crippen molar-refractivity contribution in [1.29, 1.82) is 0 Å². The number of carbonyl (C=O) groups is 16. The average molecular weight is 1700 g/mol. The lowest BCUT2D eigenvalue weighted by atomic mass is 9.96. The minimum Gasteiger partial charge on any atom is -0.481 e. The molecule has 0 aliphatic carbocycles. The molecule has 20 atom stereocenters. The summed E-state index contributed by atoms with van der Waals surface area (Å²) in [5, 5.41) is 90.8. The lowest BCUT2D eigenvalue weighted by molar-refractivity contribution is -0.149. The van der Waals surface area contributed by atoms with Crippen molar-refractivity contribution < 1.29 is 107 Å². The number of nitrogens with one attached hydrogen (secondary N) is 13. The predicted molar refractivity (Wildman–Crippen MR) is 428 cm³/mol. The molecule has 3 aliphatic heterocycles. The van der Waals surface area contributed by atoms with Crippen LogP contribution in [0.4, 0.5) is 0 Å². The summed E-state index contributed by atoms with van der Waals surface area (Å²) in [5.41, 5.74) is 17.5. The minimum atomic E-state index is -1.96. The van der Waals surface area contributed by atoms with Crippen molar-refractivity contribution in [2.45, 2.75) is 288 Å². The Morgan fingerprint density at radius 2 is 0.867 bits per heavy atom. The molecule has 0 unspecified atom stereocenters. The van der Waals surface area contributed by atoms with E-state index in [1.807, 2.05) is 13.8 Å². The Morgan fingerprint density at radius 1 is 0.467 bits per heavy atom. The Hall–Kier alpha value is -11.0. The van der Waals surface area contributed by atoms with E-state index >= 15 is 0 Å². The van der Waals surface area contributed by atoms with E-state index < -0.39 is 228 Å². The van der Waals surface area contributed by atoms with Crippen molar-refractivity contribution >= 4 is 101 Å². The monoisotopic (exact) mass is 1700 g/mol. The van der Waals surface area contributed by atoms with Crippen LogP contribution in [0, 0.1) is 23.7 Å². The van der Waals surface area contributed by atoms with E-state index in [4.69, 9.17) is 17.2 Å². The number of aliphatic carboxylic acids is 2. The molecule has 44 nitrogen and oxygen atoms in total. The van der Waals surface area contributed by atoms with Crippen molar-refractivity contribution in [3.63, 3.8) is 0 Å². The van der Waals surface area contributed by atoms with Crippen LogP contribution in [-0.4, -0.2) is 307 Å². The second-order valence-electron chi connectivity index (χ2n) is 32.2. The van der Waals surface area contributed by atoms with Gasteiger partial charge < -0.3 is 131 Å². The van der Waals surface area contributed by atoms with Crippen LogP contribution in [0.2, 0.25) is 0 Å². The summed E-state index contributed by atoms with van der Waals surface area (Å²) < 4.78 is 0. The first-order valence-electron chi connectivity index (χ1n) is 40.6. The van der Waals surface area contributed by atoms with Crippen molar-refractivity contribution in [3.05, 3.63) is 36.4 Å². The molecule has 0 bridgehead atoms. The molecule has 0 radical (unpaired) electrons. The van der Waals surface area contributed by atoms with Gasteiger partial charge in [0.2, 0.25) is 82.7 Å². The summed E-state index contributed by atoms with van der Waals surface area (Å²) in [5.74, 6) is -18.4. The molecule has 120 heavy (non-hydrogen) atoms. The van der Waals surface area contributed by atoms with Gasteiger partial charge in [0, 0.05) is 62.8 Å². The first-order valence-corrected chi connectivity index (χ1v) is 40.6. The van der Waals surface area contributed by atoms with Gasteiger partial charge in [-0.1, -0.05) is 61.8 Å². The van der Waals surface area contributed by atoms with E-state index in [1.165, 1.54) is 74.4 Å². The van der Waals surface area contributed by atoms with Gasteiger partial charge in [0.25, 0.3) is 0 Å². The van der Waals surface area contributed by atoms with E-state index in [1.54, 1.807) is 27.7 Å². The molecule has 5 heterocycles. The van der Waals surface area contributed by atoms with Gasteiger partial charge in [-0.05, 0) is 116 Å². The normalized spacial score (nSPS) is 19.6. The fourth-order valence-electron chi connectivity index (χ4n) is 14.2. The van der Waals surface area contributed by atoms with Crippen molar-refractivity contribution in [2.75, 3.05) is 26.2 Å². The molecule has 3 saturated heterocycles. The molecule has 0 spiro atoms. The molecule has 2 aromatic rings. The van der Waals surface area contributed by atoms with Crippen molar-refractivity contribution in [1.82, 2.24) is 93.1 Å². The molecule has 25 N–H and O–H groups in total. The van der Waals surface area contributed by atoms with Gasteiger partial charge in [0.05, 0.1) is 49.5 Å². The number of aliphatic imine (C=N–C) groups is 1. The van der Waals surface area contributed by atoms with E-state index in [9.17, 15) is 107 Å². The Bertz CT molecular complexity index is 3870.